The SMILES string of the molecule is CCCCC1CCC(C2CCCC(C)C(C3CCC(C4CCCCC4)CC3)C(C)CCC2)C1C. The van der Waals surface area contributed by atoms with Gasteiger partial charge in [0.2, 0.25) is 0 Å². The Bertz CT molecular complexity index is 534. The summed E-state index contributed by atoms with van der Waals surface area (Å²) in [7, 11) is 0. The van der Waals surface area contributed by atoms with Gasteiger partial charge in [0.25, 0.3) is 0 Å². The fraction of sp³-hybridized carbons (Fsp3) is 1.00. The van der Waals surface area contributed by atoms with Gasteiger partial charge < -0.3 is 0 Å². The van der Waals surface area contributed by atoms with E-state index < -0.39 is 0 Å². The lowest BCUT2D eigenvalue weighted by Gasteiger charge is -2.43. The third-order valence-corrected chi connectivity index (χ3v) is 12.3. The van der Waals surface area contributed by atoms with Crippen molar-refractivity contribution in [1.29, 1.82) is 0 Å². The summed E-state index contributed by atoms with van der Waals surface area (Å²) >= 11 is 0. The van der Waals surface area contributed by atoms with Crippen molar-refractivity contribution in [3.05, 3.63) is 0 Å². The molecule has 5 atom stereocenters. The molecule has 0 nitrogen and oxygen atoms in total. The van der Waals surface area contributed by atoms with Crippen LogP contribution in [0.4, 0.5) is 0 Å². The molecule has 5 unspecified atom stereocenters. The van der Waals surface area contributed by atoms with Gasteiger partial charge in [-0.3, -0.25) is 0 Å². The molecule has 4 aliphatic carbocycles. The molecule has 0 aliphatic heterocycles. The Hall–Kier alpha value is 0. The average Bonchev–Trinajstić information content (AvgIpc) is 3.22. The summed E-state index contributed by atoms with van der Waals surface area (Å²) in [5.74, 6) is 10.3. The van der Waals surface area contributed by atoms with Gasteiger partial charge in [-0.15, -0.1) is 0 Å². The van der Waals surface area contributed by atoms with Gasteiger partial charge in [0.15, 0.2) is 0 Å². The molecule has 0 radical (unpaired) electrons. The second-order valence-corrected chi connectivity index (χ2v) is 14.2. The lowest BCUT2D eigenvalue weighted by molar-refractivity contribution is 0.0731. The van der Waals surface area contributed by atoms with Crippen molar-refractivity contribution in [2.75, 3.05) is 0 Å². The highest BCUT2D eigenvalue weighted by atomic mass is 14.4. The van der Waals surface area contributed by atoms with Crippen molar-refractivity contribution in [3.63, 3.8) is 0 Å². The molecule has 0 N–H and O–H groups in total. The van der Waals surface area contributed by atoms with E-state index in [1.807, 2.05) is 0 Å². The molecule has 4 rings (SSSR count). The van der Waals surface area contributed by atoms with Crippen LogP contribution in [-0.2, 0) is 0 Å². The summed E-state index contributed by atoms with van der Waals surface area (Å²) in [4.78, 5) is 0. The first-order valence-electron chi connectivity index (χ1n) is 16.6. The van der Waals surface area contributed by atoms with Crippen LogP contribution in [0.25, 0.3) is 0 Å². The van der Waals surface area contributed by atoms with Crippen LogP contribution in [0.5, 0.6) is 0 Å². The van der Waals surface area contributed by atoms with Crippen molar-refractivity contribution in [1.82, 2.24) is 0 Å². The Kier molecular flexibility index (Phi) is 10.8. The zero-order valence-corrected chi connectivity index (χ0v) is 23.9. The molecule has 4 fully saturated rings. The van der Waals surface area contributed by atoms with Crippen molar-refractivity contribution in [3.8, 4) is 0 Å². The van der Waals surface area contributed by atoms with E-state index in [2.05, 4.69) is 27.7 Å². The molecule has 0 heteroatoms. The summed E-state index contributed by atoms with van der Waals surface area (Å²) in [5.41, 5.74) is 0. The van der Waals surface area contributed by atoms with Gasteiger partial charge in [-0.25, -0.2) is 0 Å². The van der Waals surface area contributed by atoms with Crippen LogP contribution in [0.3, 0.4) is 0 Å². The Labute approximate surface area is 215 Å². The average molecular weight is 471 g/mol. The molecule has 198 valence electrons. The molecular formula is C34H62. The quantitative estimate of drug-likeness (QED) is 0.362. The lowest BCUT2D eigenvalue weighted by Crippen LogP contribution is -2.33. The number of hydrogen-bond donors (Lipinski definition) is 0. The molecule has 0 bridgehead atoms. The molecule has 0 aromatic carbocycles. The van der Waals surface area contributed by atoms with Crippen LogP contribution >= 0.6 is 0 Å². The topological polar surface area (TPSA) is 0 Å². The Balaban J connectivity index is 1.28. The summed E-state index contributed by atoms with van der Waals surface area (Å²) in [6.45, 7) is 10.4. The van der Waals surface area contributed by atoms with Crippen molar-refractivity contribution in [2.45, 2.75) is 156 Å². The fourth-order valence-corrected chi connectivity index (χ4v) is 10.3. The molecule has 4 aliphatic rings. The highest BCUT2D eigenvalue weighted by Crippen LogP contribution is 2.49. The minimum Gasteiger partial charge on any atom is -0.0654 e. The Morgan fingerprint density at radius 3 is 1.68 bits per heavy atom. The normalized spacial score (nSPS) is 43.6. The summed E-state index contributed by atoms with van der Waals surface area (Å²) in [6.07, 6.45) is 30.6. The summed E-state index contributed by atoms with van der Waals surface area (Å²) in [5, 5.41) is 0. The fourth-order valence-electron chi connectivity index (χ4n) is 10.3. The van der Waals surface area contributed by atoms with Gasteiger partial charge in [0.1, 0.15) is 0 Å². The number of rotatable bonds is 6. The molecule has 0 spiro atoms. The number of unbranched alkanes of at least 4 members (excludes halogenated alkanes) is 1. The molecule has 0 heterocycles. The van der Waals surface area contributed by atoms with Crippen LogP contribution in [0.15, 0.2) is 0 Å². The van der Waals surface area contributed by atoms with E-state index in [1.165, 1.54) is 64.2 Å². The number of hydrogen-bond acceptors (Lipinski definition) is 0. The van der Waals surface area contributed by atoms with Crippen molar-refractivity contribution in [2.24, 2.45) is 59.2 Å². The first-order valence-corrected chi connectivity index (χ1v) is 16.6. The van der Waals surface area contributed by atoms with Crippen LogP contribution in [0, 0.1) is 59.2 Å². The van der Waals surface area contributed by atoms with Crippen molar-refractivity contribution >= 4 is 0 Å². The van der Waals surface area contributed by atoms with Gasteiger partial charge >= 0.3 is 0 Å². The van der Waals surface area contributed by atoms with Gasteiger partial charge in [-0.1, -0.05) is 118 Å². The maximum atomic E-state index is 2.67. The largest absolute Gasteiger partial charge is 0.0654 e. The zero-order chi connectivity index (χ0) is 23.9. The van der Waals surface area contributed by atoms with Crippen molar-refractivity contribution < 1.29 is 0 Å². The third kappa shape index (κ3) is 6.85. The predicted octanol–water partition coefficient (Wildman–Crippen LogP) is 11.1. The van der Waals surface area contributed by atoms with Crippen LogP contribution in [0.2, 0.25) is 0 Å². The molecule has 0 aromatic rings. The van der Waals surface area contributed by atoms with E-state index in [0.29, 0.717) is 0 Å². The predicted molar refractivity (Wildman–Crippen MR) is 150 cm³/mol. The van der Waals surface area contributed by atoms with E-state index in [0.717, 1.165) is 59.2 Å². The van der Waals surface area contributed by atoms with E-state index in [4.69, 9.17) is 0 Å². The van der Waals surface area contributed by atoms with E-state index >= 15 is 0 Å². The first-order chi connectivity index (χ1) is 16.6. The standard InChI is InChI=1S/C34H62/c1-5-6-14-28-23-24-33(27(28)4)31-17-10-12-25(2)34(26(3)13-11-18-31)32-21-19-30(20-22-32)29-15-8-7-9-16-29/h25-34H,5-24H2,1-4H3. The molecule has 34 heavy (non-hydrogen) atoms. The van der Waals surface area contributed by atoms with E-state index in [9.17, 15) is 0 Å². The van der Waals surface area contributed by atoms with E-state index in [-0.39, 0.29) is 0 Å². The molecule has 0 saturated heterocycles. The van der Waals surface area contributed by atoms with Gasteiger partial charge in [0, 0.05) is 0 Å². The summed E-state index contributed by atoms with van der Waals surface area (Å²) < 4.78 is 0. The second-order valence-electron chi connectivity index (χ2n) is 14.2. The smallest absolute Gasteiger partial charge is 0.0334 e. The van der Waals surface area contributed by atoms with Gasteiger partial charge in [-0.05, 0) is 97.7 Å². The minimum absolute atomic E-state index is 0.961. The van der Waals surface area contributed by atoms with Crippen LogP contribution < -0.4 is 0 Å². The van der Waals surface area contributed by atoms with Crippen LogP contribution in [0.1, 0.15) is 156 Å². The highest BCUT2D eigenvalue weighted by molar-refractivity contribution is 4.89. The van der Waals surface area contributed by atoms with E-state index in [1.54, 1.807) is 64.2 Å². The third-order valence-electron chi connectivity index (χ3n) is 12.3. The van der Waals surface area contributed by atoms with Gasteiger partial charge in [0.05, 0.1) is 0 Å². The monoisotopic (exact) mass is 470 g/mol. The summed E-state index contributed by atoms with van der Waals surface area (Å²) in [6, 6.07) is 0. The maximum absolute atomic E-state index is 2.67. The molecule has 0 aromatic heterocycles. The minimum atomic E-state index is 0.961. The highest BCUT2D eigenvalue weighted by Gasteiger charge is 2.39. The van der Waals surface area contributed by atoms with Crippen LogP contribution in [-0.4, -0.2) is 0 Å². The second kappa shape index (κ2) is 13.5. The Morgan fingerprint density at radius 1 is 0.500 bits per heavy atom. The molecular weight excluding hydrogens is 408 g/mol. The first kappa shape index (κ1) is 27.0. The lowest BCUT2D eigenvalue weighted by atomic mass is 9.62. The maximum Gasteiger partial charge on any atom is -0.0334 e. The van der Waals surface area contributed by atoms with Gasteiger partial charge in [-0.2, -0.15) is 0 Å². The Morgan fingerprint density at radius 2 is 1.06 bits per heavy atom. The zero-order valence-electron chi connectivity index (χ0n) is 23.9. The molecule has 0 amide bonds. The molecule has 4 saturated carbocycles.